The number of halogens is 2. The first-order valence-electron chi connectivity index (χ1n) is 9.23. The SMILES string of the molecule is CN(C)CCn1cnc2ccc(/C=C3\SC(=Nc4ccc(F)cc4F)NC3=O)cc21. The van der Waals surface area contributed by atoms with Crippen molar-refractivity contribution in [1.29, 1.82) is 0 Å². The molecular weight excluding hydrogens is 408 g/mol. The van der Waals surface area contributed by atoms with Crippen molar-refractivity contribution in [3.05, 3.63) is 64.8 Å². The molecule has 6 nitrogen and oxygen atoms in total. The Balaban J connectivity index is 1.58. The molecule has 1 aliphatic rings. The predicted octanol–water partition coefficient (Wildman–Crippen LogP) is 3.77. The van der Waals surface area contributed by atoms with Gasteiger partial charge in [-0.25, -0.2) is 18.8 Å². The molecular formula is C21H19F2N5OS. The molecule has 30 heavy (non-hydrogen) atoms. The topological polar surface area (TPSA) is 62.5 Å². The molecule has 3 aromatic rings. The highest BCUT2D eigenvalue weighted by Crippen LogP contribution is 2.29. The number of hydrogen-bond acceptors (Lipinski definition) is 5. The minimum atomic E-state index is -0.786. The molecule has 0 atom stereocenters. The lowest BCUT2D eigenvalue weighted by Gasteiger charge is -2.10. The first-order chi connectivity index (χ1) is 14.4. The van der Waals surface area contributed by atoms with E-state index in [1.54, 1.807) is 6.08 Å². The van der Waals surface area contributed by atoms with E-state index in [0.717, 1.165) is 53.6 Å². The quantitative estimate of drug-likeness (QED) is 0.630. The Kier molecular flexibility index (Phi) is 5.65. The first kappa shape index (κ1) is 20.2. The van der Waals surface area contributed by atoms with E-state index in [9.17, 15) is 13.6 Å². The fraction of sp³-hybridized carbons (Fsp3) is 0.190. The summed E-state index contributed by atoms with van der Waals surface area (Å²) < 4.78 is 28.9. The minimum Gasteiger partial charge on any atom is -0.329 e. The summed E-state index contributed by atoms with van der Waals surface area (Å²) in [6.45, 7) is 1.69. The molecule has 0 unspecified atom stereocenters. The Morgan fingerprint density at radius 2 is 2.07 bits per heavy atom. The van der Waals surface area contributed by atoms with Gasteiger partial charge in [0.15, 0.2) is 11.0 Å². The summed E-state index contributed by atoms with van der Waals surface area (Å²) in [6.07, 6.45) is 3.57. The number of rotatable bonds is 5. The van der Waals surface area contributed by atoms with Crippen LogP contribution in [0.4, 0.5) is 14.5 Å². The molecule has 2 aromatic carbocycles. The molecule has 1 saturated heterocycles. The third kappa shape index (κ3) is 4.42. The number of benzene rings is 2. The van der Waals surface area contributed by atoms with E-state index in [2.05, 4.69) is 24.8 Å². The van der Waals surface area contributed by atoms with Crippen LogP contribution in [0.3, 0.4) is 0 Å². The lowest BCUT2D eigenvalue weighted by atomic mass is 10.2. The second-order valence-corrected chi connectivity index (χ2v) is 8.10. The molecule has 0 radical (unpaired) electrons. The number of amides is 1. The number of imidazole rings is 1. The molecule has 2 heterocycles. The van der Waals surface area contributed by atoms with Gasteiger partial charge in [0.05, 0.1) is 22.3 Å². The standard InChI is InChI=1S/C21H19F2N5OS/c1-27(2)7-8-28-12-24-17-5-3-13(9-18(17)28)10-19-20(29)26-21(30-19)25-16-6-4-14(22)11-15(16)23/h3-6,9-12H,7-8H2,1-2H3,(H,25,26,29)/b19-10-. The molecule has 0 bridgehead atoms. The molecule has 1 fully saturated rings. The maximum absolute atomic E-state index is 13.8. The van der Waals surface area contributed by atoms with Gasteiger partial charge in [0.2, 0.25) is 0 Å². The van der Waals surface area contributed by atoms with Gasteiger partial charge >= 0.3 is 0 Å². The summed E-state index contributed by atoms with van der Waals surface area (Å²) >= 11 is 1.11. The van der Waals surface area contributed by atoms with Gasteiger partial charge in [-0.15, -0.1) is 0 Å². The molecule has 1 N–H and O–H groups in total. The Morgan fingerprint density at radius 3 is 2.83 bits per heavy atom. The van der Waals surface area contributed by atoms with Gasteiger partial charge in [-0.3, -0.25) is 4.79 Å². The Morgan fingerprint density at radius 1 is 1.23 bits per heavy atom. The van der Waals surface area contributed by atoms with Gasteiger partial charge in [-0.05, 0) is 61.8 Å². The van der Waals surface area contributed by atoms with E-state index in [1.807, 2.05) is 38.6 Å². The Bertz CT molecular complexity index is 1190. The fourth-order valence-corrected chi connectivity index (χ4v) is 3.80. The normalized spacial score (nSPS) is 16.9. The zero-order chi connectivity index (χ0) is 21.3. The Hall–Kier alpha value is -3.04. The first-order valence-corrected chi connectivity index (χ1v) is 10.0. The number of aliphatic imine (C=N–C) groups is 1. The van der Waals surface area contributed by atoms with Crippen molar-refractivity contribution in [1.82, 2.24) is 19.8 Å². The maximum Gasteiger partial charge on any atom is 0.264 e. The van der Waals surface area contributed by atoms with Crippen molar-refractivity contribution in [3.63, 3.8) is 0 Å². The van der Waals surface area contributed by atoms with E-state index in [4.69, 9.17) is 0 Å². The van der Waals surface area contributed by atoms with Crippen LogP contribution in [-0.4, -0.2) is 46.2 Å². The lowest BCUT2D eigenvalue weighted by molar-refractivity contribution is -0.115. The molecule has 1 amide bonds. The number of likely N-dealkylation sites (N-methyl/N-ethyl adjacent to an activating group) is 1. The van der Waals surface area contributed by atoms with E-state index in [1.165, 1.54) is 6.07 Å². The molecule has 4 rings (SSSR count). The summed E-state index contributed by atoms with van der Waals surface area (Å²) in [6, 6.07) is 8.89. The third-order valence-electron chi connectivity index (χ3n) is 4.51. The van der Waals surface area contributed by atoms with E-state index >= 15 is 0 Å². The van der Waals surface area contributed by atoms with Gasteiger partial charge in [0.25, 0.3) is 5.91 Å². The fourth-order valence-electron chi connectivity index (χ4n) is 2.96. The summed E-state index contributed by atoms with van der Waals surface area (Å²) in [5.74, 6) is -1.78. The second-order valence-electron chi connectivity index (χ2n) is 7.07. The maximum atomic E-state index is 13.8. The van der Waals surface area contributed by atoms with Crippen molar-refractivity contribution < 1.29 is 13.6 Å². The number of amidine groups is 1. The highest BCUT2D eigenvalue weighted by Gasteiger charge is 2.24. The van der Waals surface area contributed by atoms with Crippen molar-refractivity contribution in [2.45, 2.75) is 6.54 Å². The predicted molar refractivity (Wildman–Crippen MR) is 115 cm³/mol. The summed E-state index contributed by atoms with van der Waals surface area (Å²) in [5, 5.41) is 2.86. The minimum absolute atomic E-state index is 0.0355. The van der Waals surface area contributed by atoms with Crippen LogP contribution in [0, 0.1) is 11.6 Å². The number of fused-ring (bicyclic) bond motifs is 1. The molecule has 0 spiro atoms. The van der Waals surface area contributed by atoms with Gasteiger partial charge in [-0.1, -0.05) is 6.07 Å². The van der Waals surface area contributed by atoms with E-state index < -0.39 is 11.6 Å². The Labute approximate surface area is 176 Å². The van der Waals surface area contributed by atoms with Crippen LogP contribution < -0.4 is 5.32 Å². The van der Waals surface area contributed by atoms with Crippen LogP contribution in [0.15, 0.2) is 52.6 Å². The van der Waals surface area contributed by atoms with Crippen LogP contribution in [0.5, 0.6) is 0 Å². The van der Waals surface area contributed by atoms with Crippen LogP contribution in [0.2, 0.25) is 0 Å². The highest BCUT2D eigenvalue weighted by molar-refractivity contribution is 8.18. The van der Waals surface area contributed by atoms with E-state index in [0.29, 0.717) is 4.91 Å². The van der Waals surface area contributed by atoms with Gasteiger partial charge in [0, 0.05) is 19.2 Å². The van der Waals surface area contributed by atoms with Crippen molar-refractivity contribution in [3.8, 4) is 0 Å². The highest BCUT2D eigenvalue weighted by atomic mass is 32.2. The van der Waals surface area contributed by atoms with Crippen LogP contribution in [0.25, 0.3) is 17.1 Å². The summed E-state index contributed by atoms with van der Waals surface area (Å²) in [4.78, 5) is 23.4. The molecule has 154 valence electrons. The van der Waals surface area contributed by atoms with Crippen LogP contribution >= 0.6 is 11.8 Å². The molecule has 9 heteroatoms. The van der Waals surface area contributed by atoms with Gasteiger partial charge in [0.1, 0.15) is 11.5 Å². The zero-order valence-corrected chi connectivity index (χ0v) is 17.2. The zero-order valence-electron chi connectivity index (χ0n) is 16.4. The smallest absolute Gasteiger partial charge is 0.264 e. The second kappa shape index (κ2) is 8.37. The largest absolute Gasteiger partial charge is 0.329 e. The molecule has 0 saturated carbocycles. The number of nitrogens with one attached hydrogen (secondary N) is 1. The van der Waals surface area contributed by atoms with Crippen LogP contribution in [-0.2, 0) is 11.3 Å². The average Bonchev–Trinajstić information content (AvgIpc) is 3.25. The van der Waals surface area contributed by atoms with E-state index in [-0.39, 0.29) is 16.8 Å². The van der Waals surface area contributed by atoms with Gasteiger partial charge < -0.3 is 14.8 Å². The van der Waals surface area contributed by atoms with Crippen molar-refractivity contribution in [2.75, 3.05) is 20.6 Å². The molecule has 1 aromatic heterocycles. The number of carbonyl (C=O) groups is 1. The summed E-state index contributed by atoms with van der Waals surface area (Å²) in [7, 11) is 4.03. The summed E-state index contributed by atoms with van der Waals surface area (Å²) in [5.41, 5.74) is 2.68. The molecule has 1 aliphatic heterocycles. The monoisotopic (exact) mass is 427 g/mol. The third-order valence-corrected chi connectivity index (χ3v) is 5.42. The number of thioether (sulfide) groups is 1. The van der Waals surface area contributed by atoms with Crippen LogP contribution in [0.1, 0.15) is 5.56 Å². The lowest BCUT2D eigenvalue weighted by Crippen LogP contribution is -2.19. The number of hydrogen-bond donors (Lipinski definition) is 1. The number of carbonyl (C=O) groups excluding carboxylic acids is 1. The number of aromatic nitrogens is 2. The number of nitrogens with zero attached hydrogens (tertiary/aromatic N) is 4. The molecule has 0 aliphatic carbocycles. The average molecular weight is 427 g/mol. The van der Waals surface area contributed by atoms with Crippen molar-refractivity contribution in [2.24, 2.45) is 4.99 Å². The van der Waals surface area contributed by atoms with Gasteiger partial charge in [-0.2, -0.15) is 0 Å². The van der Waals surface area contributed by atoms with Crippen molar-refractivity contribution >= 4 is 45.6 Å².